The van der Waals surface area contributed by atoms with Crippen molar-refractivity contribution in [3.63, 3.8) is 0 Å². The molecule has 0 aliphatic heterocycles. The smallest absolute Gasteiger partial charge is 0.310 e. The van der Waals surface area contributed by atoms with Gasteiger partial charge >= 0.3 is 5.97 Å². The van der Waals surface area contributed by atoms with E-state index in [-0.39, 0.29) is 0 Å². The number of hydrogen-bond acceptors (Lipinski definition) is 1. The first-order valence-electron chi connectivity index (χ1n) is 4.87. The zero-order valence-electron chi connectivity index (χ0n) is 8.77. The van der Waals surface area contributed by atoms with Crippen LogP contribution in [0.25, 0.3) is 10.9 Å². The molecule has 1 aromatic carbocycles. The summed E-state index contributed by atoms with van der Waals surface area (Å²) in [5.74, 6) is -1.24. The lowest BCUT2D eigenvalue weighted by Crippen LogP contribution is -2.06. The minimum absolute atomic E-state index is 0.449. The molecule has 0 aliphatic rings. The van der Waals surface area contributed by atoms with Crippen molar-refractivity contribution < 1.29 is 9.90 Å². The lowest BCUT2D eigenvalue weighted by molar-refractivity contribution is -0.138. The van der Waals surface area contributed by atoms with Gasteiger partial charge in [-0.2, -0.15) is 0 Å². The Balaban J connectivity index is 2.52. The molecule has 15 heavy (non-hydrogen) atoms. The van der Waals surface area contributed by atoms with Crippen LogP contribution >= 0.6 is 0 Å². The lowest BCUT2D eigenvalue weighted by Gasteiger charge is -2.06. The fourth-order valence-electron chi connectivity index (χ4n) is 1.71. The Morgan fingerprint density at radius 2 is 2.13 bits per heavy atom. The van der Waals surface area contributed by atoms with Crippen molar-refractivity contribution in [1.82, 2.24) is 4.57 Å². The third-order valence-electron chi connectivity index (χ3n) is 2.78. The molecule has 3 heteroatoms. The Labute approximate surface area is 87.9 Å². The van der Waals surface area contributed by atoms with Crippen LogP contribution in [0.2, 0.25) is 0 Å². The monoisotopic (exact) mass is 203 g/mol. The van der Waals surface area contributed by atoms with Crippen LogP contribution in [0.3, 0.4) is 0 Å². The summed E-state index contributed by atoms with van der Waals surface area (Å²) in [6, 6.07) is 7.77. The molecular formula is C12H13NO2. The number of benzene rings is 1. The highest BCUT2D eigenvalue weighted by Crippen LogP contribution is 2.22. The zero-order chi connectivity index (χ0) is 11.0. The first-order valence-corrected chi connectivity index (χ1v) is 4.87. The Kier molecular flexibility index (Phi) is 2.23. The van der Waals surface area contributed by atoms with Crippen LogP contribution in [0.5, 0.6) is 0 Å². The molecule has 0 saturated heterocycles. The van der Waals surface area contributed by atoms with Crippen molar-refractivity contribution >= 4 is 16.9 Å². The molecule has 0 saturated carbocycles. The number of carbonyl (C=O) groups is 1. The molecule has 0 fully saturated rings. The number of aryl methyl sites for hydroxylation is 1. The summed E-state index contributed by atoms with van der Waals surface area (Å²) in [4.78, 5) is 10.8. The standard InChI is InChI=1S/C12H13NO2/c1-8(12(14)15)9-3-4-11-10(7-9)5-6-13(11)2/h3-8H,1-2H3,(H,14,15). The molecule has 0 spiro atoms. The van der Waals surface area contributed by atoms with Gasteiger partial charge < -0.3 is 9.67 Å². The summed E-state index contributed by atoms with van der Waals surface area (Å²) in [6.07, 6.45) is 1.97. The van der Waals surface area contributed by atoms with Crippen molar-refractivity contribution in [2.45, 2.75) is 12.8 Å². The molecule has 2 aromatic rings. The molecule has 3 nitrogen and oxygen atoms in total. The second-order valence-corrected chi connectivity index (χ2v) is 3.80. The minimum atomic E-state index is -0.787. The van der Waals surface area contributed by atoms with Crippen LogP contribution in [0, 0.1) is 0 Å². The highest BCUT2D eigenvalue weighted by molar-refractivity contribution is 5.83. The molecule has 1 unspecified atom stereocenters. The summed E-state index contributed by atoms with van der Waals surface area (Å²) in [6.45, 7) is 1.70. The molecule has 0 bridgehead atoms. The summed E-state index contributed by atoms with van der Waals surface area (Å²) in [7, 11) is 1.97. The van der Waals surface area contributed by atoms with E-state index in [1.54, 1.807) is 6.92 Å². The average molecular weight is 203 g/mol. The molecule has 0 aliphatic carbocycles. The van der Waals surface area contributed by atoms with E-state index >= 15 is 0 Å². The summed E-state index contributed by atoms with van der Waals surface area (Å²) in [5, 5.41) is 9.99. The number of rotatable bonds is 2. The fraction of sp³-hybridized carbons (Fsp3) is 0.250. The molecule has 2 rings (SSSR count). The number of fused-ring (bicyclic) bond motifs is 1. The maximum Gasteiger partial charge on any atom is 0.310 e. The van der Waals surface area contributed by atoms with Gasteiger partial charge in [-0.15, -0.1) is 0 Å². The fourth-order valence-corrected chi connectivity index (χ4v) is 1.71. The van der Waals surface area contributed by atoms with Gasteiger partial charge in [0.15, 0.2) is 0 Å². The first-order chi connectivity index (χ1) is 7.09. The van der Waals surface area contributed by atoms with Gasteiger partial charge in [0.05, 0.1) is 5.92 Å². The number of nitrogens with zero attached hydrogens (tertiary/aromatic N) is 1. The van der Waals surface area contributed by atoms with Crippen molar-refractivity contribution in [1.29, 1.82) is 0 Å². The van der Waals surface area contributed by atoms with Crippen LogP contribution in [0.1, 0.15) is 18.4 Å². The maximum atomic E-state index is 10.8. The molecular weight excluding hydrogens is 190 g/mol. The van der Waals surface area contributed by atoms with Gasteiger partial charge in [0.25, 0.3) is 0 Å². The number of aromatic nitrogens is 1. The number of carboxylic acid groups (broad SMARTS) is 1. The van der Waals surface area contributed by atoms with Gasteiger partial charge in [-0.05, 0) is 36.1 Å². The first kappa shape index (κ1) is 9.77. The van der Waals surface area contributed by atoms with Crippen molar-refractivity contribution in [2.75, 3.05) is 0 Å². The molecule has 1 heterocycles. The van der Waals surface area contributed by atoms with Crippen LogP contribution in [0.4, 0.5) is 0 Å². The summed E-state index contributed by atoms with van der Waals surface area (Å²) >= 11 is 0. The van der Waals surface area contributed by atoms with E-state index in [4.69, 9.17) is 5.11 Å². The minimum Gasteiger partial charge on any atom is -0.481 e. The Morgan fingerprint density at radius 1 is 1.40 bits per heavy atom. The predicted molar refractivity (Wildman–Crippen MR) is 59.0 cm³/mol. The Bertz CT molecular complexity index is 513. The van der Waals surface area contributed by atoms with Gasteiger partial charge in [-0.25, -0.2) is 0 Å². The van der Waals surface area contributed by atoms with Gasteiger partial charge in [-0.1, -0.05) is 6.07 Å². The lowest BCUT2D eigenvalue weighted by atomic mass is 10.0. The highest BCUT2D eigenvalue weighted by Gasteiger charge is 2.13. The summed E-state index contributed by atoms with van der Waals surface area (Å²) < 4.78 is 2.02. The summed E-state index contributed by atoms with van der Waals surface area (Å²) in [5.41, 5.74) is 1.97. The van der Waals surface area contributed by atoms with Crippen LogP contribution < -0.4 is 0 Å². The third-order valence-corrected chi connectivity index (χ3v) is 2.78. The number of hydrogen-bond donors (Lipinski definition) is 1. The molecule has 1 atom stereocenters. The van der Waals surface area contributed by atoms with Gasteiger partial charge in [0, 0.05) is 18.8 Å². The van der Waals surface area contributed by atoms with Gasteiger partial charge in [-0.3, -0.25) is 4.79 Å². The molecule has 0 radical (unpaired) electrons. The van der Waals surface area contributed by atoms with Crippen LogP contribution in [0.15, 0.2) is 30.5 Å². The van der Waals surface area contributed by atoms with E-state index in [9.17, 15) is 4.79 Å². The Hall–Kier alpha value is -1.77. The molecule has 0 amide bonds. The Morgan fingerprint density at radius 3 is 2.80 bits per heavy atom. The van der Waals surface area contributed by atoms with Gasteiger partial charge in [0.2, 0.25) is 0 Å². The quantitative estimate of drug-likeness (QED) is 0.814. The molecule has 1 N–H and O–H groups in total. The predicted octanol–water partition coefficient (Wildman–Crippen LogP) is 2.37. The van der Waals surface area contributed by atoms with E-state index in [2.05, 4.69) is 0 Å². The van der Waals surface area contributed by atoms with Crippen molar-refractivity contribution in [2.24, 2.45) is 7.05 Å². The van der Waals surface area contributed by atoms with E-state index in [0.29, 0.717) is 0 Å². The SMILES string of the molecule is CC(C(=O)O)c1ccc2c(ccn2C)c1. The van der Waals surface area contributed by atoms with E-state index in [1.165, 1.54) is 0 Å². The van der Waals surface area contributed by atoms with Crippen molar-refractivity contribution in [3.05, 3.63) is 36.0 Å². The molecule has 78 valence electrons. The van der Waals surface area contributed by atoms with E-state index < -0.39 is 11.9 Å². The molecule has 1 aromatic heterocycles. The van der Waals surface area contributed by atoms with E-state index in [0.717, 1.165) is 16.5 Å². The van der Waals surface area contributed by atoms with Gasteiger partial charge in [0.1, 0.15) is 0 Å². The highest BCUT2D eigenvalue weighted by atomic mass is 16.4. The number of carboxylic acids is 1. The maximum absolute atomic E-state index is 10.8. The third kappa shape index (κ3) is 1.61. The van der Waals surface area contributed by atoms with Crippen LogP contribution in [-0.4, -0.2) is 15.6 Å². The topological polar surface area (TPSA) is 42.2 Å². The number of aliphatic carboxylic acids is 1. The largest absolute Gasteiger partial charge is 0.481 e. The van der Waals surface area contributed by atoms with Crippen LogP contribution in [-0.2, 0) is 11.8 Å². The second kappa shape index (κ2) is 3.42. The normalized spacial score (nSPS) is 12.9. The van der Waals surface area contributed by atoms with E-state index in [1.807, 2.05) is 42.1 Å². The zero-order valence-corrected chi connectivity index (χ0v) is 8.77. The van der Waals surface area contributed by atoms with Crippen molar-refractivity contribution in [3.8, 4) is 0 Å². The second-order valence-electron chi connectivity index (χ2n) is 3.80. The average Bonchev–Trinajstić information content (AvgIpc) is 2.59.